The standard InChI is InChI=1S/C22H23NO4/c24-21(11-14-4-7-18-20(10-14)27-13-26-18)23-12-16-6-5-15-8-9-25-19-3-1-2-17(16)22(15)19/h1-4,7,10,15-16H,5-6,8-9,11-13H2,(H,23,24)/t15-,16-/m0/s1. The second-order valence-corrected chi connectivity index (χ2v) is 7.54. The SMILES string of the molecule is O=C(Cc1ccc2c(c1)OCO2)NC[C@@H]1CC[C@H]2CCOc3cccc1c32. The maximum Gasteiger partial charge on any atom is 0.231 e. The predicted molar refractivity (Wildman–Crippen MR) is 101 cm³/mol. The Kier molecular flexibility index (Phi) is 4.15. The van der Waals surface area contributed by atoms with Crippen LogP contribution in [0.5, 0.6) is 17.2 Å². The van der Waals surface area contributed by atoms with E-state index in [-0.39, 0.29) is 12.7 Å². The number of carbonyl (C=O) groups excluding carboxylic acids is 1. The number of nitrogens with one attached hydrogen (secondary N) is 1. The van der Waals surface area contributed by atoms with Crippen LogP contribution < -0.4 is 19.5 Å². The van der Waals surface area contributed by atoms with Crippen LogP contribution in [-0.2, 0) is 11.2 Å². The zero-order chi connectivity index (χ0) is 18.2. The van der Waals surface area contributed by atoms with Gasteiger partial charge < -0.3 is 19.5 Å². The molecule has 0 spiro atoms. The van der Waals surface area contributed by atoms with Crippen molar-refractivity contribution in [3.05, 3.63) is 53.1 Å². The number of fused-ring (bicyclic) bond motifs is 1. The Balaban J connectivity index is 1.25. The fraction of sp³-hybridized carbons (Fsp3) is 0.409. The summed E-state index contributed by atoms with van der Waals surface area (Å²) in [6.07, 6.45) is 3.75. The molecule has 2 aliphatic heterocycles. The van der Waals surface area contributed by atoms with E-state index in [1.54, 1.807) is 0 Å². The molecule has 0 fully saturated rings. The molecule has 3 aliphatic rings. The highest BCUT2D eigenvalue weighted by Gasteiger charge is 2.32. The van der Waals surface area contributed by atoms with Crippen molar-refractivity contribution in [1.82, 2.24) is 5.32 Å². The molecule has 2 heterocycles. The highest BCUT2D eigenvalue weighted by atomic mass is 16.7. The van der Waals surface area contributed by atoms with E-state index in [0.29, 0.717) is 24.8 Å². The maximum atomic E-state index is 12.5. The van der Waals surface area contributed by atoms with Gasteiger partial charge in [-0.15, -0.1) is 0 Å². The molecular formula is C22H23NO4. The second kappa shape index (κ2) is 6.80. The van der Waals surface area contributed by atoms with Crippen molar-refractivity contribution in [3.8, 4) is 17.2 Å². The summed E-state index contributed by atoms with van der Waals surface area (Å²) in [5.74, 6) is 3.52. The Morgan fingerprint density at radius 1 is 1.00 bits per heavy atom. The average molecular weight is 365 g/mol. The monoisotopic (exact) mass is 365 g/mol. The molecular weight excluding hydrogens is 342 g/mol. The molecule has 5 rings (SSSR count). The average Bonchev–Trinajstić information content (AvgIpc) is 3.16. The van der Waals surface area contributed by atoms with Gasteiger partial charge >= 0.3 is 0 Å². The minimum atomic E-state index is 0.0389. The number of ether oxygens (including phenoxy) is 3. The minimum absolute atomic E-state index is 0.0389. The number of rotatable bonds is 4. The third-order valence-corrected chi connectivity index (χ3v) is 5.88. The lowest BCUT2D eigenvalue weighted by Crippen LogP contribution is -2.32. The number of benzene rings is 2. The van der Waals surface area contributed by atoms with Gasteiger partial charge in [-0.3, -0.25) is 4.79 Å². The molecule has 0 unspecified atom stereocenters. The molecule has 0 aromatic heterocycles. The molecule has 5 heteroatoms. The van der Waals surface area contributed by atoms with E-state index < -0.39 is 0 Å². The highest BCUT2D eigenvalue weighted by molar-refractivity contribution is 5.79. The first-order valence-electron chi connectivity index (χ1n) is 9.69. The van der Waals surface area contributed by atoms with Gasteiger partial charge in [0.05, 0.1) is 13.0 Å². The van der Waals surface area contributed by atoms with Gasteiger partial charge in [0.25, 0.3) is 0 Å². The molecule has 2 atom stereocenters. The first-order chi connectivity index (χ1) is 13.3. The Hall–Kier alpha value is -2.69. The highest BCUT2D eigenvalue weighted by Crippen LogP contribution is 2.46. The van der Waals surface area contributed by atoms with Gasteiger partial charge in [0.2, 0.25) is 12.7 Å². The molecule has 5 nitrogen and oxygen atoms in total. The minimum Gasteiger partial charge on any atom is -0.493 e. The molecule has 27 heavy (non-hydrogen) atoms. The predicted octanol–water partition coefficient (Wildman–Crippen LogP) is 3.52. The Morgan fingerprint density at radius 2 is 1.93 bits per heavy atom. The third-order valence-electron chi connectivity index (χ3n) is 5.88. The van der Waals surface area contributed by atoms with Gasteiger partial charge in [0, 0.05) is 18.0 Å². The van der Waals surface area contributed by atoms with Gasteiger partial charge in [-0.25, -0.2) is 0 Å². The molecule has 2 aromatic carbocycles. The van der Waals surface area contributed by atoms with Crippen LogP contribution in [0, 0.1) is 0 Å². The smallest absolute Gasteiger partial charge is 0.231 e. The van der Waals surface area contributed by atoms with Crippen LogP contribution in [0.3, 0.4) is 0 Å². The summed E-state index contributed by atoms with van der Waals surface area (Å²) >= 11 is 0. The van der Waals surface area contributed by atoms with Crippen molar-refractivity contribution in [2.75, 3.05) is 19.9 Å². The molecule has 0 saturated carbocycles. The summed E-state index contributed by atoms with van der Waals surface area (Å²) in [4.78, 5) is 12.5. The third kappa shape index (κ3) is 3.11. The van der Waals surface area contributed by atoms with Crippen molar-refractivity contribution in [2.24, 2.45) is 0 Å². The molecule has 0 radical (unpaired) electrons. The first-order valence-corrected chi connectivity index (χ1v) is 9.69. The van der Waals surface area contributed by atoms with E-state index in [2.05, 4.69) is 23.5 Å². The molecule has 1 aliphatic carbocycles. The van der Waals surface area contributed by atoms with Crippen LogP contribution in [0.2, 0.25) is 0 Å². The van der Waals surface area contributed by atoms with E-state index in [1.807, 2.05) is 18.2 Å². The summed E-state index contributed by atoms with van der Waals surface area (Å²) in [5, 5.41) is 3.13. The van der Waals surface area contributed by atoms with Crippen molar-refractivity contribution in [2.45, 2.75) is 37.5 Å². The van der Waals surface area contributed by atoms with Crippen LogP contribution >= 0.6 is 0 Å². The fourth-order valence-corrected chi connectivity index (χ4v) is 4.53. The molecule has 140 valence electrons. The summed E-state index contributed by atoms with van der Waals surface area (Å²) in [7, 11) is 0. The molecule has 2 aromatic rings. The van der Waals surface area contributed by atoms with Gasteiger partial charge in [0.1, 0.15) is 5.75 Å². The van der Waals surface area contributed by atoms with Crippen LogP contribution in [0.15, 0.2) is 36.4 Å². The Labute approximate surface area is 158 Å². The van der Waals surface area contributed by atoms with Crippen molar-refractivity contribution < 1.29 is 19.0 Å². The van der Waals surface area contributed by atoms with Crippen LogP contribution in [0.25, 0.3) is 0 Å². The molecule has 0 bridgehead atoms. The zero-order valence-electron chi connectivity index (χ0n) is 15.2. The van der Waals surface area contributed by atoms with E-state index in [4.69, 9.17) is 14.2 Å². The second-order valence-electron chi connectivity index (χ2n) is 7.54. The molecule has 1 N–H and O–H groups in total. The van der Waals surface area contributed by atoms with Crippen LogP contribution in [0.4, 0.5) is 0 Å². The van der Waals surface area contributed by atoms with Crippen molar-refractivity contribution in [3.63, 3.8) is 0 Å². The number of carbonyl (C=O) groups is 1. The molecule has 1 amide bonds. The fourth-order valence-electron chi connectivity index (χ4n) is 4.53. The number of hydrogen-bond donors (Lipinski definition) is 1. The summed E-state index contributed by atoms with van der Waals surface area (Å²) in [5.41, 5.74) is 3.67. The largest absolute Gasteiger partial charge is 0.493 e. The lowest BCUT2D eigenvalue weighted by Gasteiger charge is -2.36. The summed E-state index contributed by atoms with van der Waals surface area (Å²) in [6, 6.07) is 12.0. The zero-order valence-corrected chi connectivity index (χ0v) is 15.2. The molecule has 0 saturated heterocycles. The van der Waals surface area contributed by atoms with E-state index in [9.17, 15) is 4.79 Å². The number of hydrogen-bond acceptors (Lipinski definition) is 4. The van der Waals surface area contributed by atoms with Gasteiger partial charge in [-0.1, -0.05) is 18.2 Å². The van der Waals surface area contributed by atoms with Crippen molar-refractivity contribution in [1.29, 1.82) is 0 Å². The summed E-state index contributed by atoms with van der Waals surface area (Å²) in [6.45, 7) is 1.74. The quantitative estimate of drug-likeness (QED) is 0.901. The Morgan fingerprint density at radius 3 is 2.89 bits per heavy atom. The summed E-state index contributed by atoms with van der Waals surface area (Å²) < 4.78 is 16.6. The van der Waals surface area contributed by atoms with Crippen molar-refractivity contribution >= 4 is 5.91 Å². The van der Waals surface area contributed by atoms with Gasteiger partial charge in [-0.05, 0) is 54.5 Å². The van der Waals surface area contributed by atoms with Crippen LogP contribution in [0.1, 0.15) is 47.8 Å². The lowest BCUT2D eigenvalue weighted by molar-refractivity contribution is -0.120. The van der Waals surface area contributed by atoms with E-state index in [1.165, 1.54) is 17.5 Å². The Bertz CT molecular complexity index is 879. The lowest BCUT2D eigenvalue weighted by atomic mass is 9.74. The topological polar surface area (TPSA) is 56.8 Å². The normalized spacial score (nSPS) is 21.9. The van der Waals surface area contributed by atoms with Gasteiger partial charge in [0.15, 0.2) is 11.5 Å². The number of amides is 1. The van der Waals surface area contributed by atoms with Gasteiger partial charge in [-0.2, -0.15) is 0 Å². The first kappa shape index (κ1) is 16.5. The van der Waals surface area contributed by atoms with E-state index in [0.717, 1.165) is 42.3 Å². The maximum absolute atomic E-state index is 12.5. The van der Waals surface area contributed by atoms with Crippen LogP contribution in [-0.4, -0.2) is 25.9 Å². The van der Waals surface area contributed by atoms with E-state index >= 15 is 0 Å².